The van der Waals surface area contributed by atoms with Crippen LogP contribution in [0.25, 0.3) is 0 Å². The molecule has 28 heavy (non-hydrogen) atoms. The van der Waals surface area contributed by atoms with Gasteiger partial charge in [-0.05, 0) is 43.3 Å². The molecule has 7 heteroatoms. The van der Waals surface area contributed by atoms with E-state index >= 15 is 0 Å². The van der Waals surface area contributed by atoms with E-state index in [1.54, 1.807) is 36.4 Å². The molecule has 0 unspecified atom stereocenters. The van der Waals surface area contributed by atoms with Crippen molar-refractivity contribution in [2.24, 2.45) is 0 Å². The first-order valence-electron chi connectivity index (χ1n) is 8.71. The smallest absolute Gasteiger partial charge is 0.338 e. The van der Waals surface area contributed by atoms with E-state index in [2.05, 4.69) is 0 Å². The number of Topliss-reactive ketones (excluding diaryl/α,β-unsaturated/α-hetero) is 1. The largest absolute Gasteiger partial charge is 0.496 e. The molecule has 0 radical (unpaired) electrons. The Morgan fingerprint density at radius 1 is 1.00 bits per heavy atom. The Morgan fingerprint density at radius 2 is 1.71 bits per heavy atom. The maximum absolute atomic E-state index is 12.4. The SMILES string of the molecule is COc1ccc(C(C)=O)cc1COC(=O)c1cccc(N2C(=O)CCC2=O)c1. The van der Waals surface area contributed by atoms with Gasteiger partial charge in [-0.3, -0.25) is 19.3 Å². The lowest BCUT2D eigenvalue weighted by Crippen LogP contribution is -2.28. The molecule has 1 aliphatic heterocycles. The van der Waals surface area contributed by atoms with E-state index in [-0.39, 0.29) is 42.6 Å². The summed E-state index contributed by atoms with van der Waals surface area (Å²) >= 11 is 0. The van der Waals surface area contributed by atoms with Crippen LogP contribution in [0.2, 0.25) is 0 Å². The molecule has 0 saturated carbocycles. The van der Waals surface area contributed by atoms with Crippen molar-refractivity contribution in [1.82, 2.24) is 0 Å². The second kappa shape index (κ2) is 8.04. The fraction of sp³-hybridized carbons (Fsp3) is 0.238. The van der Waals surface area contributed by atoms with E-state index in [0.717, 1.165) is 4.90 Å². The summed E-state index contributed by atoms with van der Waals surface area (Å²) in [5.74, 6) is -0.804. The molecule has 2 amide bonds. The van der Waals surface area contributed by atoms with Gasteiger partial charge in [0, 0.05) is 24.0 Å². The number of esters is 1. The fourth-order valence-electron chi connectivity index (χ4n) is 2.97. The lowest BCUT2D eigenvalue weighted by atomic mass is 10.1. The van der Waals surface area contributed by atoms with Gasteiger partial charge in [0.25, 0.3) is 0 Å². The van der Waals surface area contributed by atoms with Gasteiger partial charge >= 0.3 is 5.97 Å². The third-order valence-electron chi connectivity index (χ3n) is 4.44. The average Bonchev–Trinajstić information content (AvgIpc) is 3.04. The third kappa shape index (κ3) is 3.93. The maximum atomic E-state index is 12.4. The number of carbonyl (C=O) groups is 4. The van der Waals surface area contributed by atoms with Crippen molar-refractivity contribution in [3.8, 4) is 5.75 Å². The molecular formula is C21H19NO6. The highest BCUT2D eigenvalue weighted by Crippen LogP contribution is 2.25. The zero-order chi connectivity index (χ0) is 20.3. The molecule has 2 aromatic carbocycles. The van der Waals surface area contributed by atoms with Crippen LogP contribution in [0.1, 0.15) is 46.0 Å². The lowest BCUT2D eigenvalue weighted by Gasteiger charge is -2.15. The number of hydrogen-bond acceptors (Lipinski definition) is 6. The van der Waals surface area contributed by atoms with Crippen LogP contribution in [0.3, 0.4) is 0 Å². The number of methoxy groups -OCH3 is 1. The topological polar surface area (TPSA) is 90.0 Å². The molecule has 0 aromatic heterocycles. The Morgan fingerprint density at radius 3 is 2.36 bits per heavy atom. The Labute approximate surface area is 161 Å². The highest BCUT2D eigenvalue weighted by molar-refractivity contribution is 6.20. The van der Waals surface area contributed by atoms with E-state index in [0.29, 0.717) is 22.6 Å². The normalized spacial score (nSPS) is 13.6. The number of ketones is 1. The van der Waals surface area contributed by atoms with Gasteiger partial charge in [0.05, 0.1) is 18.4 Å². The molecule has 1 fully saturated rings. The molecule has 0 aliphatic carbocycles. The third-order valence-corrected chi connectivity index (χ3v) is 4.44. The highest BCUT2D eigenvalue weighted by Gasteiger charge is 2.30. The van der Waals surface area contributed by atoms with E-state index < -0.39 is 5.97 Å². The second-order valence-electron chi connectivity index (χ2n) is 6.33. The first kappa shape index (κ1) is 19.3. The average molecular weight is 381 g/mol. The number of benzene rings is 2. The van der Waals surface area contributed by atoms with Crippen molar-refractivity contribution in [2.75, 3.05) is 12.0 Å². The van der Waals surface area contributed by atoms with Crippen LogP contribution in [0.4, 0.5) is 5.69 Å². The Bertz CT molecular complexity index is 949. The Hall–Kier alpha value is -3.48. The molecule has 0 spiro atoms. The Balaban J connectivity index is 1.76. The summed E-state index contributed by atoms with van der Waals surface area (Å²) in [4.78, 5) is 48.9. The summed E-state index contributed by atoms with van der Waals surface area (Å²) in [7, 11) is 1.49. The second-order valence-corrected chi connectivity index (χ2v) is 6.33. The van der Waals surface area contributed by atoms with Gasteiger partial charge in [-0.2, -0.15) is 0 Å². The zero-order valence-corrected chi connectivity index (χ0v) is 15.6. The van der Waals surface area contributed by atoms with Gasteiger partial charge in [0.1, 0.15) is 12.4 Å². The molecule has 144 valence electrons. The van der Waals surface area contributed by atoms with E-state index in [1.165, 1.54) is 20.1 Å². The number of anilines is 1. The maximum Gasteiger partial charge on any atom is 0.338 e. The molecule has 1 aliphatic rings. The molecular weight excluding hydrogens is 362 g/mol. The monoisotopic (exact) mass is 381 g/mol. The molecule has 3 rings (SSSR count). The molecule has 7 nitrogen and oxygen atoms in total. The number of amides is 2. The van der Waals surface area contributed by atoms with Crippen LogP contribution in [-0.2, 0) is 20.9 Å². The van der Waals surface area contributed by atoms with Crippen molar-refractivity contribution >= 4 is 29.3 Å². The fourth-order valence-corrected chi connectivity index (χ4v) is 2.97. The van der Waals surface area contributed by atoms with Crippen LogP contribution >= 0.6 is 0 Å². The van der Waals surface area contributed by atoms with Crippen molar-refractivity contribution in [3.05, 3.63) is 59.2 Å². The Kier molecular flexibility index (Phi) is 5.54. The number of rotatable bonds is 6. The van der Waals surface area contributed by atoms with Gasteiger partial charge in [-0.15, -0.1) is 0 Å². The predicted molar refractivity (Wildman–Crippen MR) is 100 cm³/mol. The number of carbonyl (C=O) groups excluding carboxylic acids is 4. The van der Waals surface area contributed by atoms with Crippen LogP contribution in [-0.4, -0.2) is 30.7 Å². The van der Waals surface area contributed by atoms with E-state index in [1.807, 2.05) is 0 Å². The van der Waals surface area contributed by atoms with Crippen LogP contribution in [0.15, 0.2) is 42.5 Å². The molecule has 0 atom stereocenters. The van der Waals surface area contributed by atoms with Crippen LogP contribution in [0.5, 0.6) is 5.75 Å². The summed E-state index contributed by atoms with van der Waals surface area (Å²) < 4.78 is 10.6. The predicted octanol–water partition coefficient (Wildman–Crippen LogP) is 2.91. The number of ether oxygens (including phenoxy) is 2. The standard InChI is InChI=1S/C21H19NO6/c1-13(23)14-6-7-18(27-2)16(10-14)12-28-21(26)15-4-3-5-17(11-15)22-19(24)8-9-20(22)25/h3-7,10-11H,8-9,12H2,1-2H3. The quantitative estimate of drug-likeness (QED) is 0.434. The minimum atomic E-state index is -0.615. The molecule has 0 bridgehead atoms. The van der Waals surface area contributed by atoms with Crippen molar-refractivity contribution in [2.45, 2.75) is 26.4 Å². The van der Waals surface area contributed by atoms with Gasteiger partial charge in [0.2, 0.25) is 11.8 Å². The summed E-state index contributed by atoms with van der Waals surface area (Å²) in [6.45, 7) is 1.36. The first-order chi connectivity index (χ1) is 13.4. The number of imide groups is 1. The van der Waals surface area contributed by atoms with E-state index in [9.17, 15) is 19.2 Å². The van der Waals surface area contributed by atoms with Crippen molar-refractivity contribution in [3.63, 3.8) is 0 Å². The van der Waals surface area contributed by atoms with Gasteiger partial charge in [-0.25, -0.2) is 4.79 Å². The van der Waals surface area contributed by atoms with Crippen LogP contribution < -0.4 is 9.64 Å². The molecule has 0 N–H and O–H groups in total. The summed E-state index contributed by atoms with van der Waals surface area (Å²) in [6.07, 6.45) is 0.333. The van der Waals surface area contributed by atoms with Crippen molar-refractivity contribution in [1.29, 1.82) is 0 Å². The first-order valence-corrected chi connectivity index (χ1v) is 8.71. The zero-order valence-electron chi connectivity index (χ0n) is 15.6. The van der Waals surface area contributed by atoms with E-state index in [4.69, 9.17) is 9.47 Å². The van der Waals surface area contributed by atoms with Gasteiger partial charge in [-0.1, -0.05) is 6.07 Å². The molecule has 1 heterocycles. The van der Waals surface area contributed by atoms with Crippen molar-refractivity contribution < 1.29 is 28.7 Å². The molecule has 2 aromatic rings. The summed E-state index contributed by atoms with van der Waals surface area (Å²) in [5.41, 5.74) is 1.61. The van der Waals surface area contributed by atoms with Gasteiger partial charge in [0.15, 0.2) is 5.78 Å². The van der Waals surface area contributed by atoms with Crippen LogP contribution in [0, 0.1) is 0 Å². The number of nitrogens with zero attached hydrogens (tertiary/aromatic N) is 1. The number of hydrogen-bond donors (Lipinski definition) is 0. The summed E-state index contributed by atoms with van der Waals surface area (Å²) in [6, 6.07) is 11.1. The van der Waals surface area contributed by atoms with Gasteiger partial charge < -0.3 is 9.47 Å². The molecule has 1 saturated heterocycles. The minimum absolute atomic E-state index is 0.0884. The lowest BCUT2D eigenvalue weighted by molar-refractivity contribution is -0.121. The highest BCUT2D eigenvalue weighted by atomic mass is 16.5. The summed E-state index contributed by atoms with van der Waals surface area (Å²) in [5, 5.41) is 0. The minimum Gasteiger partial charge on any atom is -0.496 e.